The highest BCUT2D eigenvalue weighted by Crippen LogP contribution is 2.79. The molecule has 1 heterocycles. The summed E-state index contributed by atoms with van der Waals surface area (Å²) in [5.74, 6) is 2.54. The molecule has 0 aromatic heterocycles. The maximum Gasteiger partial charge on any atom is 0.460 e. The Bertz CT molecular complexity index is 1950. The van der Waals surface area contributed by atoms with Gasteiger partial charge in [0.05, 0.1) is 6.61 Å². The molecule has 1 aliphatic rings. The Hall–Kier alpha value is -4.25. The van der Waals surface area contributed by atoms with E-state index in [9.17, 15) is 0 Å². The number of benzene rings is 5. The standard InChI is InChI=1S/C37H40N3O6P3/c1-7-41-47(42-33-18-8-13-28(2)23-33)38-48(43-34-19-9-14-29(3)24-34,44-35-20-10-15-30(4)25-35)40-49(39-47,45-36-21-11-16-31(5)26-36)46-37-22-12-17-32(6)27-37/h8-27H,7H2,1-6H3. The van der Waals surface area contributed by atoms with Crippen LogP contribution in [-0.4, -0.2) is 6.61 Å². The highest BCUT2D eigenvalue weighted by atomic mass is 31.3. The quantitative estimate of drug-likeness (QED) is 0.119. The Labute approximate surface area is 289 Å². The maximum absolute atomic E-state index is 6.84. The summed E-state index contributed by atoms with van der Waals surface area (Å²) in [5, 5.41) is 0. The minimum atomic E-state index is -3.84. The fourth-order valence-corrected chi connectivity index (χ4v) is 14.1. The molecule has 0 N–H and O–H groups in total. The van der Waals surface area contributed by atoms with Crippen LogP contribution < -0.4 is 22.6 Å². The fraction of sp³-hybridized carbons (Fsp3) is 0.189. The average Bonchev–Trinajstić information content (AvgIpc) is 3.01. The molecule has 0 spiro atoms. The van der Waals surface area contributed by atoms with Gasteiger partial charge in [-0.2, -0.15) is 0 Å². The molecule has 0 radical (unpaired) electrons. The van der Waals surface area contributed by atoms with Crippen LogP contribution in [0.25, 0.3) is 0 Å². The minimum absolute atomic E-state index is 0.219. The van der Waals surface area contributed by atoms with Crippen molar-refractivity contribution in [2.45, 2.75) is 41.5 Å². The van der Waals surface area contributed by atoms with Crippen LogP contribution in [0, 0.1) is 34.6 Å². The molecule has 0 saturated heterocycles. The van der Waals surface area contributed by atoms with Gasteiger partial charge in [0.15, 0.2) is 0 Å². The number of aryl methyl sites for hydroxylation is 5. The first-order valence-corrected chi connectivity index (χ1v) is 20.5. The van der Waals surface area contributed by atoms with Crippen molar-refractivity contribution in [3.8, 4) is 28.7 Å². The monoisotopic (exact) mass is 715 g/mol. The van der Waals surface area contributed by atoms with Gasteiger partial charge in [-0.3, -0.25) is 4.52 Å². The van der Waals surface area contributed by atoms with E-state index in [1.54, 1.807) is 0 Å². The van der Waals surface area contributed by atoms with Gasteiger partial charge in [-0.1, -0.05) is 65.2 Å². The molecule has 6 rings (SSSR count). The number of rotatable bonds is 12. The van der Waals surface area contributed by atoms with Crippen LogP contribution in [0.15, 0.2) is 135 Å². The summed E-state index contributed by atoms with van der Waals surface area (Å²) in [4.78, 5) is 0. The van der Waals surface area contributed by atoms with Gasteiger partial charge in [0, 0.05) is 0 Å². The third-order valence-electron chi connectivity index (χ3n) is 7.04. The summed E-state index contributed by atoms with van der Waals surface area (Å²) in [7, 11) is -11.4. The van der Waals surface area contributed by atoms with E-state index >= 15 is 0 Å². The number of hydrogen-bond acceptors (Lipinski definition) is 9. The van der Waals surface area contributed by atoms with Crippen LogP contribution in [0.5, 0.6) is 28.7 Å². The van der Waals surface area contributed by atoms with E-state index in [0.29, 0.717) is 28.7 Å². The van der Waals surface area contributed by atoms with Crippen molar-refractivity contribution >= 4 is 23.0 Å². The largest absolute Gasteiger partial charge is 0.460 e. The van der Waals surface area contributed by atoms with E-state index in [1.807, 2.05) is 163 Å². The highest BCUT2D eigenvalue weighted by Gasteiger charge is 2.48. The molecule has 49 heavy (non-hydrogen) atoms. The third kappa shape index (κ3) is 8.86. The van der Waals surface area contributed by atoms with E-state index in [2.05, 4.69) is 0 Å². The lowest BCUT2D eigenvalue weighted by atomic mass is 10.2. The molecular formula is C37H40N3O6P3. The topological polar surface area (TPSA) is 92.5 Å². The highest BCUT2D eigenvalue weighted by molar-refractivity contribution is 7.79. The van der Waals surface area contributed by atoms with Crippen molar-refractivity contribution < 1.29 is 27.1 Å². The second-order valence-corrected chi connectivity index (χ2v) is 18.0. The Morgan fingerprint density at radius 1 is 0.388 bits per heavy atom. The average molecular weight is 716 g/mol. The summed E-state index contributed by atoms with van der Waals surface area (Å²) in [6.07, 6.45) is 0. The molecule has 12 heteroatoms. The summed E-state index contributed by atoms with van der Waals surface area (Å²) in [5.41, 5.74) is 4.95. The summed E-state index contributed by atoms with van der Waals surface area (Å²) in [6.45, 7) is 12.0. The molecule has 1 unspecified atom stereocenters. The molecule has 0 bridgehead atoms. The first-order valence-electron chi connectivity index (χ1n) is 15.9. The van der Waals surface area contributed by atoms with Crippen molar-refractivity contribution in [2.24, 2.45) is 13.5 Å². The molecule has 1 aliphatic heterocycles. The molecule has 1 atom stereocenters. The molecule has 0 aliphatic carbocycles. The van der Waals surface area contributed by atoms with Gasteiger partial charge in [0.2, 0.25) is 0 Å². The van der Waals surface area contributed by atoms with E-state index in [-0.39, 0.29) is 6.61 Å². The summed E-state index contributed by atoms with van der Waals surface area (Å²) >= 11 is 0. The first kappa shape index (κ1) is 34.6. The van der Waals surface area contributed by atoms with Crippen LogP contribution in [0.3, 0.4) is 0 Å². The zero-order valence-electron chi connectivity index (χ0n) is 28.4. The normalized spacial score (nSPS) is 17.4. The summed E-state index contributed by atoms with van der Waals surface area (Å²) < 4.78 is 56.2. The second-order valence-electron chi connectivity index (χ2n) is 11.7. The van der Waals surface area contributed by atoms with E-state index in [0.717, 1.165) is 27.8 Å². The van der Waals surface area contributed by atoms with Gasteiger partial charge in [-0.25, -0.2) is 0 Å². The van der Waals surface area contributed by atoms with Gasteiger partial charge in [0.25, 0.3) is 0 Å². The van der Waals surface area contributed by atoms with E-state index in [1.165, 1.54) is 0 Å². The number of hydrogen-bond donors (Lipinski definition) is 0. The Kier molecular flexibility index (Phi) is 10.4. The number of nitrogens with zero attached hydrogens (tertiary/aromatic N) is 3. The van der Waals surface area contributed by atoms with Crippen molar-refractivity contribution in [1.82, 2.24) is 0 Å². The van der Waals surface area contributed by atoms with Crippen molar-refractivity contribution in [3.63, 3.8) is 0 Å². The molecule has 5 aromatic carbocycles. The van der Waals surface area contributed by atoms with Crippen molar-refractivity contribution in [1.29, 1.82) is 0 Å². The van der Waals surface area contributed by atoms with Crippen LogP contribution in [0.1, 0.15) is 34.7 Å². The van der Waals surface area contributed by atoms with Gasteiger partial charge in [0.1, 0.15) is 28.7 Å². The molecule has 5 aromatic rings. The smallest absolute Gasteiger partial charge is 0.422 e. The molecule has 254 valence electrons. The zero-order chi connectivity index (χ0) is 34.5. The molecule has 0 amide bonds. The molecule has 0 saturated carbocycles. The van der Waals surface area contributed by atoms with Gasteiger partial charge in [-0.05, 0) is 130 Å². The molecular weight excluding hydrogens is 675 g/mol. The lowest BCUT2D eigenvalue weighted by molar-refractivity contribution is 0.322. The predicted molar refractivity (Wildman–Crippen MR) is 199 cm³/mol. The van der Waals surface area contributed by atoms with Gasteiger partial charge in [-0.15, -0.1) is 9.03 Å². The Balaban J connectivity index is 1.69. The minimum Gasteiger partial charge on any atom is -0.422 e. The van der Waals surface area contributed by atoms with Crippen LogP contribution >= 0.6 is 23.0 Å². The summed E-state index contributed by atoms with van der Waals surface area (Å²) in [6, 6.07) is 38.2. The zero-order valence-corrected chi connectivity index (χ0v) is 31.1. The third-order valence-corrected chi connectivity index (χ3v) is 15.3. The van der Waals surface area contributed by atoms with E-state index < -0.39 is 23.0 Å². The van der Waals surface area contributed by atoms with Crippen LogP contribution in [0.4, 0.5) is 0 Å². The van der Waals surface area contributed by atoms with Crippen molar-refractivity contribution in [2.75, 3.05) is 6.61 Å². The SMILES string of the molecule is CCOP1(Oc2cccc(C)c2)=NP(Oc2cccc(C)c2)(Oc2cccc(C)c2)=NP(Oc2cccc(C)c2)(Oc2cccc(C)c2)=N1. The maximum atomic E-state index is 6.84. The first-order chi connectivity index (χ1) is 23.5. The van der Waals surface area contributed by atoms with Gasteiger partial charge < -0.3 is 22.6 Å². The Morgan fingerprint density at radius 2 is 0.633 bits per heavy atom. The van der Waals surface area contributed by atoms with Gasteiger partial charge >= 0.3 is 23.0 Å². The predicted octanol–water partition coefficient (Wildman–Crippen LogP) is 12.8. The molecule has 9 nitrogen and oxygen atoms in total. The lowest BCUT2D eigenvalue weighted by Gasteiger charge is -2.33. The van der Waals surface area contributed by atoms with E-state index in [4.69, 9.17) is 40.7 Å². The van der Waals surface area contributed by atoms with Crippen LogP contribution in [0.2, 0.25) is 0 Å². The van der Waals surface area contributed by atoms with Crippen LogP contribution in [-0.2, 0) is 4.52 Å². The van der Waals surface area contributed by atoms with Crippen molar-refractivity contribution in [3.05, 3.63) is 149 Å². The second kappa shape index (κ2) is 14.7. The fourth-order valence-electron chi connectivity index (χ4n) is 5.00. The molecule has 0 fully saturated rings. The lowest BCUT2D eigenvalue weighted by Crippen LogP contribution is -2.10. The Morgan fingerprint density at radius 3 is 0.898 bits per heavy atom.